The van der Waals surface area contributed by atoms with Crippen LogP contribution in [-0.4, -0.2) is 9.38 Å². The van der Waals surface area contributed by atoms with Crippen molar-refractivity contribution < 1.29 is 4.39 Å². The number of hydrogen-bond donors (Lipinski definition) is 0. The first-order valence-corrected chi connectivity index (χ1v) is 4.85. The Balaban J connectivity index is 2.53. The minimum absolute atomic E-state index is 0.281. The zero-order valence-corrected chi connectivity index (χ0v) is 8.37. The van der Waals surface area contributed by atoms with Crippen LogP contribution in [0.25, 0.3) is 16.7 Å². The Morgan fingerprint density at radius 2 is 2.07 bits per heavy atom. The predicted octanol–water partition coefficient (Wildman–Crippen LogP) is 3.28. The van der Waals surface area contributed by atoms with Gasteiger partial charge in [0.25, 0.3) is 0 Å². The molecule has 2 heterocycles. The van der Waals surface area contributed by atoms with Crippen molar-refractivity contribution >= 4 is 28.3 Å². The van der Waals surface area contributed by atoms with Crippen LogP contribution in [0.4, 0.5) is 4.39 Å². The van der Waals surface area contributed by atoms with Crippen LogP contribution in [0.1, 0.15) is 0 Å². The lowest BCUT2D eigenvalue weighted by Gasteiger charge is -1.95. The molecule has 15 heavy (non-hydrogen) atoms. The number of hydrogen-bond acceptors (Lipinski definition) is 1. The third-order valence-corrected chi connectivity index (χ3v) is 2.56. The van der Waals surface area contributed by atoms with Crippen molar-refractivity contribution in [3.63, 3.8) is 0 Å². The van der Waals surface area contributed by atoms with Crippen LogP contribution >= 0.6 is 11.6 Å². The number of benzene rings is 1. The van der Waals surface area contributed by atoms with Gasteiger partial charge >= 0.3 is 0 Å². The molecule has 0 amide bonds. The van der Waals surface area contributed by atoms with Gasteiger partial charge in [-0.15, -0.1) is 0 Å². The predicted molar refractivity (Wildman–Crippen MR) is 57.7 cm³/mol. The van der Waals surface area contributed by atoms with Gasteiger partial charge in [0.1, 0.15) is 11.5 Å². The summed E-state index contributed by atoms with van der Waals surface area (Å²) in [5, 5.41) is 0.631. The highest BCUT2D eigenvalue weighted by Crippen LogP contribution is 2.20. The summed E-state index contributed by atoms with van der Waals surface area (Å²) >= 11 is 5.85. The molecule has 3 aromatic rings. The maximum absolute atomic E-state index is 13.0. The molecule has 0 radical (unpaired) electrons. The summed E-state index contributed by atoms with van der Waals surface area (Å²) in [5.41, 5.74) is 2.34. The third-order valence-electron chi connectivity index (χ3n) is 2.32. The first kappa shape index (κ1) is 8.68. The van der Waals surface area contributed by atoms with E-state index in [0.717, 1.165) is 11.0 Å². The van der Waals surface area contributed by atoms with E-state index in [2.05, 4.69) is 4.98 Å². The molecule has 0 aliphatic heterocycles. The van der Waals surface area contributed by atoms with Gasteiger partial charge in [0.05, 0.1) is 11.0 Å². The van der Waals surface area contributed by atoms with E-state index in [-0.39, 0.29) is 5.82 Å². The molecule has 3 rings (SSSR count). The van der Waals surface area contributed by atoms with Gasteiger partial charge in [-0.25, -0.2) is 9.37 Å². The van der Waals surface area contributed by atoms with Crippen LogP contribution in [0.15, 0.2) is 36.5 Å². The molecule has 0 aliphatic carbocycles. The lowest BCUT2D eigenvalue weighted by atomic mass is 10.3. The zero-order valence-electron chi connectivity index (χ0n) is 7.61. The van der Waals surface area contributed by atoms with E-state index in [4.69, 9.17) is 11.6 Å². The molecule has 0 atom stereocenters. The van der Waals surface area contributed by atoms with Crippen molar-refractivity contribution in [1.29, 1.82) is 0 Å². The molecule has 4 heteroatoms. The summed E-state index contributed by atoms with van der Waals surface area (Å²) in [4.78, 5) is 4.33. The Labute approximate surface area is 89.9 Å². The molecule has 0 saturated carbocycles. The van der Waals surface area contributed by atoms with E-state index >= 15 is 0 Å². The number of aromatic nitrogens is 2. The summed E-state index contributed by atoms with van der Waals surface area (Å²) in [6, 6.07) is 8.40. The second kappa shape index (κ2) is 2.94. The number of halogens is 2. The van der Waals surface area contributed by atoms with Crippen LogP contribution in [0.3, 0.4) is 0 Å². The molecule has 1 aromatic carbocycles. The van der Waals surface area contributed by atoms with Crippen molar-refractivity contribution in [2.45, 2.75) is 0 Å². The average Bonchev–Trinajstić information content (AvgIpc) is 2.54. The quantitative estimate of drug-likeness (QED) is 0.568. The highest BCUT2D eigenvalue weighted by Gasteiger charge is 2.04. The highest BCUT2D eigenvalue weighted by molar-refractivity contribution is 6.31. The van der Waals surface area contributed by atoms with Gasteiger partial charge in [-0.1, -0.05) is 11.6 Å². The Morgan fingerprint density at radius 3 is 2.93 bits per heavy atom. The molecular formula is C11H6ClFN2. The number of fused-ring (bicyclic) bond motifs is 3. The molecule has 0 spiro atoms. The molecule has 2 aromatic heterocycles. The summed E-state index contributed by atoms with van der Waals surface area (Å²) in [7, 11) is 0. The fourth-order valence-corrected chi connectivity index (χ4v) is 1.83. The van der Waals surface area contributed by atoms with Gasteiger partial charge in [-0.05, 0) is 30.3 Å². The number of pyridine rings is 1. The monoisotopic (exact) mass is 220 g/mol. The first-order valence-electron chi connectivity index (χ1n) is 4.47. The molecule has 2 nitrogen and oxygen atoms in total. The fraction of sp³-hybridized carbons (Fsp3) is 0. The van der Waals surface area contributed by atoms with E-state index in [1.807, 2.05) is 6.07 Å². The Kier molecular flexibility index (Phi) is 1.70. The summed E-state index contributed by atoms with van der Waals surface area (Å²) in [6.45, 7) is 0. The molecule has 0 saturated heterocycles. The standard InChI is InChI=1S/C11H6ClFN2/c12-7-1-3-10-9(5-7)14-11-4-2-8(13)6-15(10)11/h1-6H. The van der Waals surface area contributed by atoms with Crippen LogP contribution in [0.5, 0.6) is 0 Å². The lowest BCUT2D eigenvalue weighted by molar-refractivity contribution is 0.620. The van der Waals surface area contributed by atoms with E-state index in [1.54, 1.807) is 22.6 Å². The Morgan fingerprint density at radius 1 is 1.20 bits per heavy atom. The maximum atomic E-state index is 13.0. The summed E-state index contributed by atoms with van der Waals surface area (Å²) in [6.07, 6.45) is 1.42. The second-order valence-corrected chi connectivity index (χ2v) is 3.76. The van der Waals surface area contributed by atoms with E-state index < -0.39 is 0 Å². The number of nitrogens with zero attached hydrogens (tertiary/aromatic N) is 2. The minimum atomic E-state index is -0.281. The van der Waals surface area contributed by atoms with Gasteiger partial charge in [0, 0.05) is 11.2 Å². The number of rotatable bonds is 0. The van der Waals surface area contributed by atoms with Gasteiger partial charge in [0.15, 0.2) is 0 Å². The van der Waals surface area contributed by atoms with Crippen LogP contribution < -0.4 is 0 Å². The molecule has 0 aliphatic rings. The van der Waals surface area contributed by atoms with Gasteiger partial charge in [0.2, 0.25) is 0 Å². The Bertz CT molecular complexity index is 660. The van der Waals surface area contributed by atoms with E-state index in [0.29, 0.717) is 10.7 Å². The van der Waals surface area contributed by atoms with Gasteiger partial charge in [-0.3, -0.25) is 4.40 Å². The van der Waals surface area contributed by atoms with Crippen LogP contribution in [-0.2, 0) is 0 Å². The molecule has 0 N–H and O–H groups in total. The molecule has 0 bridgehead atoms. The largest absolute Gasteiger partial charge is 0.297 e. The molecule has 74 valence electrons. The van der Waals surface area contributed by atoms with Crippen molar-refractivity contribution in [3.05, 3.63) is 47.4 Å². The molecule has 0 unspecified atom stereocenters. The summed E-state index contributed by atoms with van der Waals surface area (Å²) < 4.78 is 14.8. The number of imidazole rings is 1. The zero-order chi connectivity index (χ0) is 10.4. The Hall–Kier alpha value is -1.61. The van der Waals surface area contributed by atoms with Gasteiger partial charge in [-0.2, -0.15) is 0 Å². The second-order valence-electron chi connectivity index (χ2n) is 3.32. The third kappa shape index (κ3) is 1.27. The van der Waals surface area contributed by atoms with Crippen molar-refractivity contribution in [1.82, 2.24) is 9.38 Å². The van der Waals surface area contributed by atoms with Crippen molar-refractivity contribution in [3.8, 4) is 0 Å². The van der Waals surface area contributed by atoms with Crippen molar-refractivity contribution in [2.24, 2.45) is 0 Å². The van der Waals surface area contributed by atoms with E-state index in [1.165, 1.54) is 12.3 Å². The molecule has 0 fully saturated rings. The SMILES string of the molecule is Fc1ccc2nc3cc(Cl)ccc3n2c1. The van der Waals surface area contributed by atoms with Crippen LogP contribution in [0, 0.1) is 5.82 Å². The normalized spacial score (nSPS) is 11.3. The highest BCUT2D eigenvalue weighted by atomic mass is 35.5. The maximum Gasteiger partial charge on any atom is 0.139 e. The first-order chi connectivity index (χ1) is 7.24. The van der Waals surface area contributed by atoms with Gasteiger partial charge < -0.3 is 0 Å². The molecular weight excluding hydrogens is 215 g/mol. The smallest absolute Gasteiger partial charge is 0.139 e. The summed E-state index contributed by atoms with van der Waals surface area (Å²) in [5.74, 6) is -0.281. The average molecular weight is 221 g/mol. The lowest BCUT2D eigenvalue weighted by Crippen LogP contribution is -1.85. The van der Waals surface area contributed by atoms with E-state index in [9.17, 15) is 4.39 Å². The fourth-order valence-electron chi connectivity index (χ4n) is 1.66. The minimum Gasteiger partial charge on any atom is -0.297 e. The van der Waals surface area contributed by atoms with Crippen molar-refractivity contribution in [2.75, 3.05) is 0 Å². The van der Waals surface area contributed by atoms with Crippen LogP contribution in [0.2, 0.25) is 5.02 Å². The topological polar surface area (TPSA) is 17.3 Å².